The molecule has 1 aromatic carbocycles. The lowest BCUT2D eigenvalue weighted by molar-refractivity contribution is -0.126. The molecule has 1 amide bonds. The largest absolute Gasteiger partial charge is 0.366 e. The quantitative estimate of drug-likeness (QED) is 0.465. The van der Waals surface area contributed by atoms with Gasteiger partial charge in [-0.2, -0.15) is 0 Å². The molecule has 4 rings (SSSR count). The molecule has 3 heterocycles. The molecule has 0 unspecified atom stereocenters. The molecule has 2 aromatic heterocycles. The van der Waals surface area contributed by atoms with Crippen molar-refractivity contribution in [2.24, 2.45) is 0 Å². The number of rotatable bonds is 4. The molecule has 150 valence electrons. The average molecular weight is 433 g/mol. The van der Waals surface area contributed by atoms with Crippen molar-refractivity contribution in [3.05, 3.63) is 58.1 Å². The highest BCUT2D eigenvalue weighted by Crippen LogP contribution is 2.24. The Bertz CT molecular complexity index is 1120. The van der Waals surface area contributed by atoms with Gasteiger partial charge < -0.3 is 9.80 Å². The zero-order chi connectivity index (χ0) is 20.5. The molecule has 1 aliphatic heterocycles. The average Bonchev–Trinajstić information content (AvgIpc) is 3.27. The summed E-state index contributed by atoms with van der Waals surface area (Å²) >= 11 is 7.62. The van der Waals surface area contributed by atoms with Gasteiger partial charge in [0.1, 0.15) is 5.82 Å². The van der Waals surface area contributed by atoms with Gasteiger partial charge in [0.25, 0.3) is 0 Å². The Morgan fingerprint density at radius 1 is 1.24 bits per heavy atom. The molecule has 3 aromatic rings. The van der Waals surface area contributed by atoms with Gasteiger partial charge >= 0.3 is 0 Å². The smallest absolute Gasteiger partial charge is 0.246 e. The van der Waals surface area contributed by atoms with E-state index in [1.165, 1.54) is 30.4 Å². The summed E-state index contributed by atoms with van der Waals surface area (Å²) in [5.74, 6) is -0.721. The van der Waals surface area contributed by atoms with Crippen LogP contribution in [0.15, 0.2) is 35.9 Å². The number of piperazine rings is 1. The van der Waals surface area contributed by atoms with Crippen molar-refractivity contribution in [3.63, 3.8) is 0 Å². The van der Waals surface area contributed by atoms with Crippen LogP contribution in [-0.4, -0.2) is 52.2 Å². The predicted molar refractivity (Wildman–Crippen MR) is 112 cm³/mol. The summed E-state index contributed by atoms with van der Waals surface area (Å²) in [5, 5.41) is 2.26. The lowest BCUT2D eigenvalue weighted by Gasteiger charge is -2.35. The molecule has 9 heteroatoms. The molecule has 0 atom stereocenters. The highest BCUT2D eigenvalue weighted by atomic mass is 35.5. The third-order valence-corrected chi connectivity index (χ3v) is 5.96. The Balaban J connectivity index is 1.40. The number of imidazole rings is 1. The Kier molecular flexibility index (Phi) is 5.38. The zero-order valence-corrected chi connectivity index (χ0v) is 17.2. The first kappa shape index (κ1) is 19.6. The molecule has 1 aliphatic rings. The number of ketones is 1. The van der Waals surface area contributed by atoms with E-state index in [9.17, 15) is 14.0 Å². The van der Waals surface area contributed by atoms with Crippen LogP contribution in [0, 0.1) is 5.82 Å². The number of anilines is 1. The molecular formula is C20H18ClFN4O2S. The summed E-state index contributed by atoms with van der Waals surface area (Å²) in [7, 11) is 0. The Morgan fingerprint density at radius 2 is 2.00 bits per heavy atom. The number of benzene rings is 1. The number of halogens is 2. The minimum atomic E-state index is -0.424. The van der Waals surface area contributed by atoms with Gasteiger partial charge in [0.15, 0.2) is 15.9 Å². The van der Waals surface area contributed by atoms with Crippen LogP contribution in [0.3, 0.4) is 0 Å². The van der Waals surface area contributed by atoms with Crippen LogP contribution < -0.4 is 4.90 Å². The summed E-state index contributed by atoms with van der Waals surface area (Å²) in [6, 6.07) is 4.51. The molecule has 29 heavy (non-hydrogen) atoms. The fraction of sp³-hybridized carbons (Fsp3) is 0.250. The van der Waals surface area contributed by atoms with E-state index in [4.69, 9.17) is 11.6 Å². The monoisotopic (exact) mass is 432 g/mol. The number of amides is 1. The van der Waals surface area contributed by atoms with Gasteiger partial charge in [0.05, 0.1) is 11.4 Å². The molecule has 1 fully saturated rings. The predicted octanol–water partition coefficient (Wildman–Crippen LogP) is 3.75. The van der Waals surface area contributed by atoms with Crippen LogP contribution in [0.1, 0.15) is 23.0 Å². The highest BCUT2D eigenvalue weighted by molar-refractivity contribution is 7.15. The molecular weight excluding hydrogens is 415 g/mol. The number of carbonyl (C=O) groups excluding carboxylic acids is 2. The number of thiazole rings is 1. The third-order valence-electron chi connectivity index (χ3n) is 4.92. The second-order valence-electron chi connectivity index (χ2n) is 6.71. The van der Waals surface area contributed by atoms with E-state index in [1.807, 2.05) is 20.9 Å². The second kappa shape index (κ2) is 7.96. The van der Waals surface area contributed by atoms with E-state index in [1.54, 1.807) is 23.1 Å². The van der Waals surface area contributed by atoms with Gasteiger partial charge in [0, 0.05) is 49.4 Å². The number of nitrogens with zero attached hydrogens (tertiary/aromatic N) is 4. The molecule has 6 nitrogen and oxygen atoms in total. The maximum Gasteiger partial charge on any atom is 0.246 e. The summed E-state index contributed by atoms with van der Waals surface area (Å²) in [6.45, 7) is 3.39. The summed E-state index contributed by atoms with van der Waals surface area (Å²) < 4.78 is 16.2. The molecule has 0 radical (unpaired) electrons. The van der Waals surface area contributed by atoms with E-state index in [0.717, 1.165) is 4.96 Å². The Labute approximate surface area is 175 Å². The summed E-state index contributed by atoms with van der Waals surface area (Å²) in [6.07, 6.45) is 5.02. The van der Waals surface area contributed by atoms with Gasteiger partial charge in [-0.05, 0) is 31.2 Å². The molecule has 1 saturated heterocycles. The number of hydrogen-bond donors (Lipinski definition) is 0. The number of aromatic nitrogens is 2. The number of Topliss-reactive ketones (excluding diaryl/α,β-unsaturated/α-hetero) is 1. The molecule has 0 spiro atoms. The molecule has 0 N–H and O–H groups in total. The van der Waals surface area contributed by atoms with E-state index in [-0.39, 0.29) is 11.7 Å². The maximum absolute atomic E-state index is 14.4. The summed E-state index contributed by atoms with van der Waals surface area (Å²) in [4.78, 5) is 32.5. The van der Waals surface area contributed by atoms with Crippen LogP contribution in [0.25, 0.3) is 11.0 Å². The standard InChI is InChI=1S/C20H18ClFN4O2S/c1-13(27)14-2-3-16(15(22)12-14)24-6-8-25(9-7-24)18(28)5-4-17-19(21)23-20-26(17)10-11-29-20/h2-5,10-12H,6-9H2,1H3/b5-4+. The number of fused-ring (bicyclic) bond motifs is 1. The fourth-order valence-electron chi connectivity index (χ4n) is 3.33. The van der Waals surface area contributed by atoms with Gasteiger partial charge in [0.2, 0.25) is 5.91 Å². The van der Waals surface area contributed by atoms with E-state index in [0.29, 0.717) is 48.3 Å². The first-order valence-electron chi connectivity index (χ1n) is 9.07. The lowest BCUT2D eigenvalue weighted by Crippen LogP contribution is -2.48. The van der Waals surface area contributed by atoms with E-state index in [2.05, 4.69) is 4.98 Å². The van der Waals surface area contributed by atoms with Crippen LogP contribution >= 0.6 is 22.9 Å². The van der Waals surface area contributed by atoms with Crippen molar-refractivity contribution in [3.8, 4) is 0 Å². The topological polar surface area (TPSA) is 57.9 Å². The van der Waals surface area contributed by atoms with Gasteiger partial charge in [-0.1, -0.05) is 11.6 Å². The van der Waals surface area contributed by atoms with E-state index >= 15 is 0 Å². The van der Waals surface area contributed by atoms with Crippen LogP contribution in [-0.2, 0) is 4.79 Å². The third kappa shape index (κ3) is 3.90. The minimum Gasteiger partial charge on any atom is -0.366 e. The normalized spacial score (nSPS) is 14.9. The summed E-state index contributed by atoms with van der Waals surface area (Å²) in [5.41, 5.74) is 1.47. The van der Waals surface area contributed by atoms with Crippen LogP contribution in [0.4, 0.5) is 10.1 Å². The molecule has 0 bridgehead atoms. The van der Waals surface area contributed by atoms with Crippen molar-refractivity contribution >= 4 is 51.4 Å². The maximum atomic E-state index is 14.4. The Hall–Kier alpha value is -2.71. The first-order valence-corrected chi connectivity index (χ1v) is 10.3. The number of hydrogen-bond acceptors (Lipinski definition) is 5. The van der Waals surface area contributed by atoms with Crippen molar-refractivity contribution in [1.29, 1.82) is 0 Å². The van der Waals surface area contributed by atoms with Crippen LogP contribution in [0.2, 0.25) is 5.15 Å². The highest BCUT2D eigenvalue weighted by Gasteiger charge is 2.22. The zero-order valence-electron chi connectivity index (χ0n) is 15.6. The van der Waals surface area contributed by atoms with Gasteiger partial charge in [-0.25, -0.2) is 9.37 Å². The van der Waals surface area contributed by atoms with Crippen molar-refractivity contribution in [2.45, 2.75) is 6.92 Å². The van der Waals surface area contributed by atoms with Crippen molar-refractivity contribution in [1.82, 2.24) is 14.3 Å². The second-order valence-corrected chi connectivity index (χ2v) is 7.94. The van der Waals surface area contributed by atoms with Gasteiger partial charge in [-0.3, -0.25) is 14.0 Å². The molecule has 0 saturated carbocycles. The van der Waals surface area contributed by atoms with Crippen molar-refractivity contribution in [2.75, 3.05) is 31.1 Å². The SMILES string of the molecule is CC(=O)c1ccc(N2CCN(C(=O)/C=C/c3c(Cl)nc4sccn34)CC2)c(F)c1. The van der Waals surface area contributed by atoms with Crippen LogP contribution in [0.5, 0.6) is 0 Å². The molecule has 0 aliphatic carbocycles. The Morgan fingerprint density at radius 3 is 2.69 bits per heavy atom. The fourth-order valence-corrected chi connectivity index (χ4v) is 4.34. The minimum absolute atomic E-state index is 0.127. The van der Waals surface area contributed by atoms with E-state index < -0.39 is 5.82 Å². The van der Waals surface area contributed by atoms with Crippen molar-refractivity contribution < 1.29 is 14.0 Å². The first-order chi connectivity index (χ1) is 13.9. The van der Waals surface area contributed by atoms with Gasteiger partial charge in [-0.15, -0.1) is 11.3 Å². The lowest BCUT2D eigenvalue weighted by atomic mass is 10.1. The number of carbonyl (C=O) groups is 2.